The Labute approximate surface area is 107 Å². The van der Waals surface area contributed by atoms with Crippen molar-refractivity contribution in [3.05, 3.63) is 34.9 Å². The lowest BCUT2D eigenvalue weighted by molar-refractivity contribution is 0.600. The van der Waals surface area contributed by atoms with Gasteiger partial charge in [-0.3, -0.25) is 14.9 Å². The van der Waals surface area contributed by atoms with Crippen LogP contribution in [0.5, 0.6) is 0 Å². The number of hydrogen-bond acceptors (Lipinski definition) is 8. The van der Waals surface area contributed by atoms with Crippen molar-refractivity contribution in [3.8, 4) is 0 Å². The lowest BCUT2D eigenvalue weighted by atomic mass is 10.5. The zero-order valence-corrected chi connectivity index (χ0v) is 10.2. The molecule has 0 radical (unpaired) electrons. The quantitative estimate of drug-likeness (QED) is 0.396. The van der Waals surface area contributed by atoms with E-state index in [0.717, 1.165) is 18.5 Å². The van der Waals surface area contributed by atoms with Gasteiger partial charge in [-0.15, -0.1) is 0 Å². The largest absolute Gasteiger partial charge is 0.292 e. The van der Waals surface area contributed by atoms with Gasteiger partial charge in [0, 0.05) is 6.07 Å². The number of anilines is 2. The van der Waals surface area contributed by atoms with Crippen LogP contribution < -0.4 is 21.5 Å². The fraction of sp³-hybridized carbons (Fsp3) is 0. The van der Waals surface area contributed by atoms with Crippen molar-refractivity contribution in [1.29, 1.82) is 0 Å². The normalized spacial score (nSPS) is 11.0. The van der Waals surface area contributed by atoms with E-state index in [9.17, 15) is 13.2 Å². The van der Waals surface area contributed by atoms with Crippen LogP contribution in [0.2, 0.25) is 0 Å². The molecule has 0 bridgehead atoms. The predicted molar refractivity (Wildman–Crippen MR) is 65.5 cm³/mol. The number of aromatic amines is 1. The maximum atomic E-state index is 11.9. The molecule has 0 aliphatic carbocycles. The van der Waals surface area contributed by atoms with Gasteiger partial charge >= 0.3 is 0 Å². The SMILES string of the molecule is NNc1ncc(S(=O)(=O)Nc2ccc(=O)[nH]n2)cn1. The van der Waals surface area contributed by atoms with E-state index in [1.807, 2.05) is 0 Å². The third-order valence-corrected chi connectivity index (χ3v) is 3.29. The molecule has 19 heavy (non-hydrogen) atoms. The van der Waals surface area contributed by atoms with Crippen molar-refractivity contribution in [1.82, 2.24) is 20.2 Å². The van der Waals surface area contributed by atoms with Crippen LogP contribution >= 0.6 is 0 Å². The second kappa shape index (κ2) is 4.99. The minimum atomic E-state index is -3.88. The zero-order chi connectivity index (χ0) is 13.9. The summed E-state index contributed by atoms with van der Waals surface area (Å²) in [7, 11) is -3.88. The summed E-state index contributed by atoms with van der Waals surface area (Å²) in [5.74, 6) is 5.12. The molecule has 100 valence electrons. The van der Waals surface area contributed by atoms with Crippen LogP contribution in [0.25, 0.3) is 0 Å². The fourth-order valence-electron chi connectivity index (χ4n) is 1.13. The molecule has 2 heterocycles. The number of H-pyrrole nitrogens is 1. The molecule has 10 nitrogen and oxygen atoms in total. The Kier molecular flexibility index (Phi) is 3.39. The van der Waals surface area contributed by atoms with E-state index < -0.39 is 15.6 Å². The first kappa shape index (κ1) is 12.9. The highest BCUT2D eigenvalue weighted by Gasteiger charge is 2.16. The second-order valence-corrected chi connectivity index (χ2v) is 4.98. The van der Waals surface area contributed by atoms with Crippen LogP contribution in [-0.4, -0.2) is 28.6 Å². The second-order valence-electron chi connectivity index (χ2n) is 3.30. The highest BCUT2D eigenvalue weighted by Crippen LogP contribution is 2.11. The Morgan fingerprint density at radius 3 is 2.42 bits per heavy atom. The third kappa shape index (κ3) is 3.02. The summed E-state index contributed by atoms with van der Waals surface area (Å²) in [6, 6.07) is 2.37. The topological polar surface area (TPSA) is 156 Å². The van der Waals surface area contributed by atoms with Crippen molar-refractivity contribution in [3.63, 3.8) is 0 Å². The molecule has 0 aromatic carbocycles. The van der Waals surface area contributed by atoms with Gasteiger partial charge in [0.05, 0.1) is 12.4 Å². The summed E-state index contributed by atoms with van der Waals surface area (Å²) in [5.41, 5.74) is 1.73. The van der Waals surface area contributed by atoms with E-state index in [1.165, 1.54) is 6.07 Å². The average molecular weight is 283 g/mol. The molecule has 5 N–H and O–H groups in total. The van der Waals surface area contributed by atoms with Gasteiger partial charge in [-0.1, -0.05) is 0 Å². The molecule has 0 saturated heterocycles. The molecule has 0 amide bonds. The molecule has 11 heteroatoms. The van der Waals surface area contributed by atoms with Gasteiger partial charge in [-0.25, -0.2) is 29.3 Å². The number of hydrazine groups is 1. The summed E-state index contributed by atoms with van der Waals surface area (Å²) in [4.78, 5) is 18.0. The van der Waals surface area contributed by atoms with Crippen molar-refractivity contribution < 1.29 is 8.42 Å². The van der Waals surface area contributed by atoms with Gasteiger partial charge in [-0.05, 0) is 6.07 Å². The molecule has 0 spiro atoms. The van der Waals surface area contributed by atoms with E-state index >= 15 is 0 Å². The monoisotopic (exact) mass is 283 g/mol. The molecule has 2 rings (SSSR count). The molecular formula is C8H9N7O3S. The van der Waals surface area contributed by atoms with Crippen LogP contribution in [0.4, 0.5) is 11.8 Å². The summed E-state index contributed by atoms with van der Waals surface area (Å²) in [5, 5.41) is 5.62. The smallest absolute Gasteiger partial charge is 0.266 e. The maximum absolute atomic E-state index is 11.9. The molecule has 2 aromatic heterocycles. The molecule has 2 aromatic rings. The molecular weight excluding hydrogens is 274 g/mol. The van der Waals surface area contributed by atoms with E-state index in [4.69, 9.17) is 5.84 Å². The molecule has 0 aliphatic heterocycles. The Bertz CT molecular complexity index is 704. The van der Waals surface area contributed by atoms with Crippen LogP contribution in [-0.2, 0) is 10.0 Å². The molecule has 0 saturated carbocycles. The van der Waals surface area contributed by atoms with E-state index in [1.54, 1.807) is 0 Å². The van der Waals surface area contributed by atoms with E-state index in [2.05, 4.69) is 30.3 Å². The van der Waals surface area contributed by atoms with Gasteiger partial charge in [0.1, 0.15) is 4.90 Å². The number of rotatable bonds is 4. The van der Waals surface area contributed by atoms with E-state index in [-0.39, 0.29) is 16.7 Å². The zero-order valence-electron chi connectivity index (χ0n) is 9.36. The van der Waals surface area contributed by atoms with Gasteiger partial charge < -0.3 is 0 Å². The number of nitrogens with one attached hydrogen (secondary N) is 3. The summed E-state index contributed by atoms with van der Waals surface area (Å²) in [6.07, 6.45) is 2.16. The predicted octanol–water partition coefficient (Wildman–Crippen LogP) is -1.35. The number of aromatic nitrogens is 4. The third-order valence-electron chi connectivity index (χ3n) is 1.99. The number of nitrogens with two attached hydrogens (primary N) is 1. The highest BCUT2D eigenvalue weighted by molar-refractivity contribution is 7.92. The number of sulfonamides is 1. The van der Waals surface area contributed by atoms with Crippen LogP contribution in [0.3, 0.4) is 0 Å². The Morgan fingerprint density at radius 2 is 1.89 bits per heavy atom. The number of nitrogen functional groups attached to an aromatic ring is 1. The highest BCUT2D eigenvalue weighted by atomic mass is 32.2. The van der Waals surface area contributed by atoms with Crippen LogP contribution in [0.1, 0.15) is 0 Å². The van der Waals surface area contributed by atoms with Gasteiger partial charge in [-0.2, -0.15) is 5.10 Å². The Hall–Kier alpha value is -2.53. The standard InChI is InChI=1S/C8H9N7O3S/c9-12-8-10-3-5(4-11-8)19(17,18)15-6-1-2-7(16)14-13-6/h1-4H,9H2,(H,13,15)(H,14,16)(H,10,11,12). The summed E-state index contributed by atoms with van der Waals surface area (Å²) >= 11 is 0. The molecule has 0 fully saturated rings. The first-order valence-electron chi connectivity index (χ1n) is 4.88. The van der Waals surface area contributed by atoms with Crippen molar-refractivity contribution >= 4 is 21.8 Å². The summed E-state index contributed by atoms with van der Waals surface area (Å²) < 4.78 is 26.0. The minimum Gasteiger partial charge on any atom is -0.292 e. The summed E-state index contributed by atoms with van der Waals surface area (Å²) in [6.45, 7) is 0. The lowest BCUT2D eigenvalue weighted by Crippen LogP contribution is -2.17. The molecule has 0 aliphatic rings. The first-order valence-corrected chi connectivity index (χ1v) is 6.37. The number of hydrogen-bond donors (Lipinski definition) is 4. The van der Waals surface area contributed by atoms with Crippen LogP contribution in [0.15, 0.2) is 34.2 Å². The van der Waals surface area contributed by atoms with Gasteiger partial charge in [0.25, 0.3) is 15.6 Å². The Morgan fingerprint density at radius 1 is 1.21 bits per heavy atom. The van der Waals surface area contributed by atoms with Crippen molar-refractivity contribution in [2.24, 2.45) is 5.84 Å². The lowest BCUT2D eigenvalue weighted by Gasteiger charge is -2.06. The average Bonchev–Trinajstić information content (AvgIpc) is 2.41. The maximum Gasteiger partial charge on any atom is 0.266 e. The van der Waals surface area contributed by atoms with Gasteiger partial charge in [0.2, 0.25) is 5.95 Å². The first-order chi connectivity index (χ1) is 9.01. The van der Waals surface area contributed by atoms with Crippen molar-refractivity contribution in [2.45, 2.75) is 4.90 Å². The number of nitrogens with zero attached hydrogens (tertiary/aromatic N) is 3. The van der Waals surface area contributed by atoms with Crippen molar-refractivity contribution in [2.75, 3.05) is 10.1 Å². The molecule has 0 unspecified atom stereocenters. The minimum absolute atomic E-state index is 0.0272. The fourth-order valence-corrected chi connectivity index (χ4v) is 2.02. The van der Waals surface area contributed by atoms with Crippen LogP contribution in [0, 0.1) is 0 Å². The van der Waals surface area contributed by atoms with Gasteiger partial charge in [0.15, 0.2) is 5.82 Å². The molecule has 0 atom stereocenters. The van der Waals surface area contributed by atoms with E-state index in [0.29, 0.717) is 0 Å². The Balaban J connectivity index is 2.26.